The van der Waals surface area contributed by atoms with Crippen molar-refractivity contribution in [2.24, 2.45) is 0 Å². The minimum absolute atomic E-state index is 0.00268. The SMILES string of the molecule is O=C(O)c1ccc([C@H]2CCCN(C(=O)Cc3ccc(CO)cc3)C2)cc1. The van der Waals surface area contributed by atoms with Gasteiger partial charge in [0, 0.05) is 19.0 Å². The number of likely N-dealkylation sites (tertiary alicyclic amines) is 1. The first-order valence-corrected chi connectivity index (χ1v) is 8.86. The van der Waals surface area contributed by atoms with Crippen LogP contribution < -0.4 is 0 Å². The van der Waals surface area contributed by atoms with Gasteiger partial charge in [-0.05, 0) is 41.7 Å². The third-order valence-electron chi connectivity index (χ3n) is 4.96. The van der Waals surface area contributed by atoms with Crippen LogP contribution in [0.15, 0.2) is 48.5 Å². The van der Waals surface area contributed by atoms with Crippen LogP contribution in [-0.2, 0) is 17.8 Å². The molecule has 2 aromatic carbocycles. The van der Waals surface area contributed by atoms with Crippen molar-refractivity contribution in [3.05, 3.63) is 70.8 Å². The average molecular weight is 353 g/mol. The van der Waals surface area contributed by atoms with Crippen molar-refractivity contribution in [3.63, 3.8) is 0 Å². The van der Waals surface area contributed by atoms with Gasteiger partial charge in [0.25, 0.3) is 0 Å². The Morgan fingerprint density at radius 1 is 1.00 bits per heavy atom. The molecule has 5 nitrogen and oxygen atoms in total. The van der Waals surface area contributed by atoms with E-state index in [0.717, 1.165) is 36.1 Å². The fraction of sp³-hybridized carbons (Fsp3) is 0.333. The van der Waals surface area contributed by atoms with Crippen molar-refractivity contribution in [1.29, 1.82) is 0 Å². The largest absolute Gasteiger partial charge is 0.478 e. The lowest BCUT2D eigenvalue weighted by atomic mass is 9.90. The zero-order valence-corrected chi connectivity index (χ0v) is 14.6. The van der Waals surface area contributed by atoms with Crippen molar-refractivity contribution in [1.82, 2.24) is 4.90 Å². The van der Waals surface area contributed by atoms with Gasteiger partial charge in [-0.25, -0.2) is 4.79 Å². The highest BCUT2D eigenvalue weighted by Crippen LogP contribution is 2.27. The first-order chi connectivity index (χ1) is 12.6. The van der Waals surface area contributed by atoms with Gasteiger partial charge in [-0.3, -0.25) is 4.79 Å². The summed E-state index contributed by atoms with van der Waals surface area (Å²) >= 11 is 0. The van der Waals surface area contributed by atoms with Gasteiger partial charge in [0.1, 0.15) is 0 Å². The van der Waals surface area contributed by atoms with Crippen molar-refractivity contribution in [3.8, 4) is 0 Å². The Morgan fingerprint density at radius 2 is 1.65 bits per heavy atom. The molecule has 5 heteroatoms. The van der Waals surface area contributed by atoms with E-state index in [0.29, 0.717) is 13.0 Å². The fourth-order valence-electron chi connectivity index (χ4n) is 3.42. The number of rotatable bonds is 5. The number of carboxylic acid groups (broad SMARTS) is 1. The second-order valence-electron chi connectivity index (χ2n) is 6.76. The molecule has 0 saturated carbocycles. The minimum atomic E-state index is -0.927. The van der Waals surface area contributed by atoms with Crippen LogP contribution in [-0.4, -0.2) is 40.1 Å². The van der Waals surface area contributed by atoms with Crippen LogP contribution in [0.5, 0.6) is 0 Å². The van der Waals surface area contributed by atoms with E-state index < -0.39 is 5.97 Å². The molecule has 0 radical (unpaired) electrons. The molecule has 0 unspecified atom stereocenters. The summed E-state index contributed by atoms with van der Waals surface area (Å²) in [6.07, 6.45) is 2.30. The normalized spacial score (nSPS) is 17.1. The zero-order valence-electron chi connectivity index (χ0n) is 14.6. The maximum absolute atomic E-state index is 12.6. The molecule has 1 amide bonds. The summed E-state index contributed by atoms with van der Waals surface area (Å²) in [6, 6.07) is 14.4. The molecule has 2 N–H and O–H groups in total. The Morgan fingerprint density at radius 3 is 2.27 bits per heavy atom. The fourth-order valence-corrected chi connectivity index (χ4v) is 3.42. The molecular weight excluding hydrogens is 330 g/mol. The number of benzene rings is 2. The highest BCUT2D eigenvalue weighted by Gasteiger charge is 2.24. The van der Waals surface area contributed by atoms with Crippen molar-refractivity contribution < 1.29 is 19.8 Å². The quantitative estimate of drug-likeness (QED) is 0.866. The number of nitrogens with zero attached hydrogens (tertiary/aromatic N) is 1. The molecule has 0 aliphatic carbocycles. The lowest BCUT2D eigenvalue weighted by Crippen LogP contribution is -2.39. The van der Waals surface area contributed by atoms with E-state index in [1.807, 2.05) is 41.3 Å². The molecule has 0 spiro atoms. The number of carbonyl (C=O) groups excluding carboxylic acids is 1. The van der Waals surface area contributed by atoms with Gasteiger partial charge in [0.2, 0.25) is 5.91 Å². The summed E-state index contributed by atoms with van der Waals surface area (Å²) in [5.41, 5.74) is 3.15. The number of hydrogen-bond donors (Lipinski definition) is 2. The molecular formula is C21H23NO4. The molecule has 0 bridgehead atoms. The summed E-state index contributed by atoms with van der Waals surface area (Å²) in [4.78, 5) is 25.5. The number of aliphatic hydroxyl groups is 1. The van der Waals surface area contributed by atoms with Gasteiger partial charge < -0.3 is 15.1 Å². The zero-order chi connectivity index (χ0) is 18.5. The van der Waals surface area contributed by atoms with Crippen LogP contribution in [0, 0.1) is 0 Å². The predicted molar refractivity (Wildman–Crippen MR) is 98.0 cm³/mol. The van der Waals surface area contributed by atoms with Crippen LogP contribution in [0.1, 0.15) is 45.8 Å². The van der Waals surface area contributed by atoms with Crippen molar-refractivity contribution in [2.75, 3.05) is 13.1 Å². The molecule has 1 aliphatic heterocycles. The van der Waals surface area contributed by atoms with Gasteiger partial charge in [0.05, 0.1) is 18.6 Å². The number of carbonyl (C=O) groups is 2. The van der Waals surface area contributed by atoms with Gasteiger partial charge in [-0.1, -0.05) is 36.4 Å². The molecule has 1 heterocycles. The third kappa shape index (κ3) is 4.29. The molecule has 1 atom stereocenters. The molecule has 26 heavy (non-hydrogen) atoms. The summed E-state index contributed by atoms with van der Waals surface area (Å²) < 4.78 is 0. The lowest BCUT2D eigenvalue weighted by Gasteiger charge is -2.33. The molecule has 3 rings (SSSR count). The van der Waals surface area contributed by atoms with Crippen LogP contribution in [0.4, 0.5) is 0 Å². The third-order valence-corrected chi connectivity index (χ3v) is 4.96. The molecule has 1 saturated heterocycles. The van der Waals surface area contributed by atoms with E-state index in [4.69, 9.17) is 10.2 Å². The van der Waals surface area contributed by atoms with Crippen LogP contribution in [0.3, 0.4) is 0 Å². The number of carboxylic acids is 1. The predicted octanol–water partition coefficient (Wildman–Crippen LogP) is 2.83. The molecule has 136 valence electrons. The van der Waals surface area contributed by atoms with Gasteiger partial charge in [-0.2, -0.15) is 0 Å². The van der Waals surface area contributed by atoms with E-state index in [1.54, 1.807) is 12.1 Å². The minimum Gasteiger partial charge on any atom is -0.478 e. The Balaban J connectivity index is 1.63. The second-order valence-corrected chi connectivity index (χ2v) is 6.76. The van der Waals surface area contributed by atoms with Gasteiger partial charge >= 0.3 is 5.97 Å². The van der Waals surface area contributed by atoms with Crippen LogP contribution in [0.2, 0.25) is 0 Å². The lowest BCUT2D eigenvalue weighted by molar-refractivity contribution is -0.131. The standard InChI is InChI=1S/C21H23NO4/c23-14-16-5-3-15(4-6-16)12-20(24)22-11-1-2-19(13-22)17-7-9-18(10-8-17)21(25)26/h3-10,19,23H,1-2,11-14H2,(H,25,26)/t19-/m0/s1. The molecule has 2 aromatic rings. The molecule has 1 fully saturated rings. The van der Waals surface area contributed by atoms with E-state index in [-0.39, 0.29) is 24.0 Å². The maximum Gasteiger partial charge on any atom is 0.335 e. The summed E-state index contributed by atoms with van der Waals surface area (Å²) in [5.74, 6) is -0.579. The van der Waals surface area contributed by atoms with Crippen LogP contribution >= 0.6 is 0 Å². The Labute approximate surface area is 152 Å². The summed E-state index contributed by atoms with van der Waals surface area (Å²) in [7, 11) is 0. The van der Waals surface area contributed by atoms with E-state index in [2.05, 4.69) is 0 Å². The average Bonchev–Trinajstić information content (AvgIpc) is 2.68. The number of hydrogen-bond acceptors (Lipinski definition) is 3. The van der Waals surface area contributed by atoms with E-state index >= 15 is 0 Å². The molecule has 0 aromatic heterocycles. The Kier molecular flexibility index (Phi) is 5.68. The number of amides is 1. The van der Waals surface area contributed by atoms with E-state index in [1.165, 1.54) is 0 Å². The number of aromatic carboxylic acids is 1. The van der Waals surface area contributed by atoms with Crippen molar-refractivity contribution in [2.45, 2.75) is 31.8 Å². The Bertz CT molecular complexity index is 768. The number of piperidine rings is 1. The Hall–Kier alpha value is -2.66. The van der Waals surface area contributed by atoms with Gasteiger partial charge in [-0.15, -0.1) is 0 Å². The first kappa shape index (κ1) is 18.1. The second kappa shape index (κ2) is 8.15. The smallest absolute Gasteiger partial charge is 0.335 e. The monoisotopic (exact) mass is 353 g/mol. The first-order valence-electron chi connectivity index (χ1n) is 8.86. The number of aliphatic hydroxyl groups excluding tert-OH is 1. The summed E-state index contributed by atoms with van der Waals surface area (Å²) in [6.45, 7) is 1.43. The highest BCUT2D eigenvalue weighted by atomic mass is 16.4. The maximum atomic E-state index is 12.6. The van der Waals surface area contributed by atoms with Gasteiger partial charge in [0.15, 0.2) is 0 Å². The molecule has 1 aliphatic rings. The van der Waals surface area contributed by atoms with E-state index in [9.17, 15) is 9.59 Å². The highest BCUT2D eigenvalue weighted by molar-refractivity contribution is 5.87. The summed E-state index contributed by atoms with van der Waals surface area (Å²) in [5, 5.41) is 18.1. The van der Waals surface area contributed by atoms with Crippen molar-refractivity contribution >= 4 is 11.9 Å². The van der Waals surface area contributed by atoms with Crippen LogP contribution in [0.25, 0.3) is 0 Å². The topological polar surface area (TPSA) is 77.8 Å².